The standard InChI is InChI=1S/C22H34N4O2/c1-23-22(25-14-13-24-21(27)18-7-3-2-4-8-18)26-15-19-9-5-6-10-20(19)28-16-17-11-12-17/h5-6,9-10,17-18H,2-4,7-8,11-16H2,1H3,(H,24,27)(H2,23,25,26). The van der Waals surface area contributed by atoms with Crippen molar-refractivity contribution >= 4 is 11.9 Å². The van der Waals surface area contributed by atoms with Crippen LogP contribution in [0.4, 0.5) is 0 Å². The van der Waals surface area contributed by atoms with Crippen LogP contribution in [0, 0.1) is 11.8 Å². The molecule has 6 heteroatoms. The second kappa shape index (κ2) is 10.9. The molecule has 154 valence electrons. The fraction of sp³-hybridized carbons (Fsp3) is 0.636. The summed E-state index contributed by atoms with van der Waals surface area (Å²) in [6.07, 6.45) is 8.26. The zero-order valence-corrected chi connectivity index (χ0v) is 17.0. The Morgan fingerprint density at radius 3 is 2.54 bits per heavy atom. The highest BCUT2D eigenvalue weighted by Gasteiger charge is 2.22. The summed E-state index contributed by atoms with van der Waals surface area (Å²) < 4.78 is 5.96. The quantitative estimate of drug-likeness (QED) is 0.347. The van der Waals surface area contributed by atoms with E-state index in [1.54, 1.807) is 7.05 Å². The molecule has 0 bridgehead atoms. The van der Waals surface area contributed by atoms with Crippen LogP contribution < -0.4 is 20.7 Å². The van der Waals surface area contributed by atoms with E-state index in [2.05, 4.69) is 27.0 Å². The van der Waals surface area contributed by atoms with Gasteiger partial charge in [-0.2, -0.15) is 0 Å². The van der Waals surface area contributed by atoms with Crippen LogP contribution >= 0.6 is 0 Å². The van der Waals surface area contributed by atoms with Crippen LogP contribution in [0.15, 0.2) is 29.3 Å². The molecular weight excluding hydrogens is 352 g/mol. The van der Waals surface area contributed by atoms with Gasteiger partial charge in [-0.1, -0.05) is 37.5 Å². The summed E-state index contributed by atoms with van der Waals surface area (Å²) >= 11 is 0. The second-order valence-corrected chi connectivity index (χ2v) is 7.84. The summed E-state index contributed by atoms with van der Waals surface area (Å²) in [5.74, 6) is 2.81. The van der Waals surface area contributed by atoms with E-state index < -0.39 is 0 Å². The van der Waals surface area contributed by atoms with E-state index >= 15 is 0 Å². The molecule has 2 saturated carbocycles. The molecule has 0 unspecified atom stereocenters. The number of hydrogen-bond donors (Lipinski definition) is 3. The minimum absolute atomic E-state index is 0.200. The number of nitrogens with one attached hydrogen (secondary N) is 3. The third-order valence-corrected chi connectivity index (χ3v) is 5.51. The molecule has 6 nitrogen and oxygen atoms in total. The van der Waals surface area contributed by atoms with Crippen molar-refractivity contribution in [2.75, 3.05) is 26.7 Å². The first-order valence-corrected chi connectivity index (χ1v) is 10.7. The van der Waals surface area contributed by atoms with Gasteiger partial charge in [0.15, 0.2) is 5.96 Å². The monoisotopic (exact) mass is 386 g/mol. The van der Waals surface area contributed by atoms with E-state index in [0.29, 0.717) is 19.6 Å². The first-order valence-electron chi connectivity index (χ1n) is 10.7. The van der Waals surface area contributed by atoms with Crippen LogP contribution in [0.1, 0.15) is 50.5 Å². The number of carbonyl (C=O) groups is 1. The summed E-state index contributed by atoms with van der Waals surface area (Å²) in [5.41, 5.74) is 1.12. The van der Waals surface area contributed by atoms with Gasteiger partial charge in [0.1, 0.15) is 5.75 Å². The molecule has 0 spiro atoms. The average Bonchev–Trinajstić information content (AvgIpc) is 3.57. The fourth-order valence-electron chi connectivity index (χ4n) is 3.56. The summed E-state index contributed by atoms with van der Waals surface area (Å²) in [6, 6.07) is 8.13. The van der Waals surface area contributed by atoms with E-state index in [4.69, 9.17) is 4.74 Å². The minimum Gasteiger partial charge on any atom is -0.493 e. The SMILES string of the molecule is CN=C(NCCNC(=O)C1CCCCC1)NCc1ccccc1OCC1CC1. The van der Waals surface area contributed by atoms with Gasteiger partial charge in [-0.3, -0.25) is 9.79 Å². The van der Waals surface area contributed by atoms with Gasteiger partial charge in [0.05, 0.1) is 6.61 Å². The summed E-state index contributed by atoms with van der Waals surface area (Å²) in [6.45, 7) is 2.72. The molecule has 3 N–H and O–H groups in total. The molecule has 1 aromatic carbocycles. The van der Waals surface area contributed by atoms with Gasteiger partial charge >= 0.3 is 0 Å². The average molecular weight is 387 g/mol. The van der Waals surface area contributed by atoms with Crippen molar-refractivity contribution < 1.29 is 9.53 Å². The molecule has 0 heterocycles. The van der Waals surface area contributed by atoms with Crippen LogP contribution in [-0.2, 0) is 11.3 Å². The number of rotatable bonds is 9. The van der Waals surface area contributed by atoms with Crippen molar-refractivity contribution in [3.05, 3.63) is 29.8 Å². The highest BCUT2D eigenvalue weighted by Crippen LogP contribution is 2.30. The fourth-order valence-corrected chi connectivity index (χ4v) is 3.56. The summed E-state index contributed by atoms with van der Waals surface area (Å²) in [4.78, 5) is 16.4. The molecule has 0 saturated heterocycles. The highest BCUT2D eigenvalue weighted by atomic mass is 16.5. The second-order valence-electron chi connectivity index (χ2n) is 7.84. The predicted octanol–water partition coefficient (Wildman–Crippen LogP) is 2.84. The molecule has 1 amide bonds. The van der Waals surface area contributed by atoms with Crippen molar-refractivity contribution in [3.63, 3.8) is 0 Å². The lowest BCUT2D eigenvalue weighted by molar-refractivity contribution is -0.125. The van der Waals surface area contributed by atoms with Crippen LogP contribution in [0.25, 0.3) is 0 Å². The van der Waals surface area contributed by atoms with Crippen molar-refractivity contribution in [1.29, 1.82) is 0 Å². The van der Waals surface area contributed by atoms with Crippen molar-refractivity contribution in [2.45, 2.75) is 51.5 Å². The summed E-state index contributed by atoms with van der Waals surface area (Å²) in [7, 11) is 1.76. The summed E-state index contributed by atoms with van der Waals surface area (Å²) in [5, 5.41) is 9.63. The van der Waals surface area contributed by atoms with Crippen LogP contribution in [0.2, 0.25) is 0 Å². The molecule has 0 radical (unpaired) electrons. The number of para-hydroxylation sites is 1. The van der Waals surface area contributed by atoms with E-state index in [1.165, 1.54) is 32.1 Å². The minimum atomic E-state index is 0.200. The van der Waals surface area contributed by atoms with E-state index in [9.17, 15) is 4.79 Å². The van der Waals surface area contributed by atoms with E-state index in [0.717, 1.165) is 42.6 Å². The van der Waals surface area contributed by atoms with Gasteiger partial charge in [-0.15, -0.1) is 0 Å². The van der Waals surface area contributed by atoms with Crippen molar-refractivity contribution in [1.82, 2.24) is 16.0 Å². The van der Waals surface area contributed by atoms with Gasteiger partial charge in [0.2, 0.25) is 5.91 Å². The lowest BCUT2D eigenvalue weighted by Crippen LogP contribution is -2.42. The van der Waals surface area contributed by atoms with E-state index in [1.807, 2.05) is 18.2 Å². The van der Waals surface area contributed by atoms with Gasteiger partial charge in [0.25, 0.3) is 0 Å². The predicted molar refractivity (Wildman–Crippen MR) is 112 cm³/mol. The maximum atomic E-state index is 12.2. The number of hydrogen-bond acceptors (Lipinski definition) is 3. The Kier molecular flexibility index (Phi) is 8.00. The number of ether oxygens (including phenoxy) is 1. The molecule has 2 aliphatic rings. The number of nitrogens with zero attached hydrogens (tertiary/aromatic N) is 1. The zero-order chi connectivity index (χ0) is 19.6. The molecule has 0 atom stereocenters. The molecule has 1 aromatic rings. The zero-order valence-electron chi connectivity index (χ0n) is 17.0. The van der Waals surface area contributed by atoms with Gasteiger partial charge in [0, 0.05) is 38.2 Å². The number of guanidine groups is 1. The molecular formula is C22H34N4O2. The number of carbonyl (C=O) groups excluding carboxylic acids is 1. The van der Waals surface area contributed by atoms with Crippen molar-refractivity contribution in [2.24, 2.45) is 16.8 Å². The first kappa shape index (κ1) is 20.5. The Bertz CT molecular complexity index is 652. The van der Waals surface area contributed by atoms with Gasteiger partial charge in [-0.25, -0.2) is 0 Å². The lowest BCUT2D eigenvalue weighted by Gasteiger charge is -2.21. The molecule has 0 aromatic heterocycles. The third kappa shape index (κ3) is 6.73. The van der Waals surface area contributed by atoms with Crippen LogP contribution in [-0.4, -0.2) is 38.6 Å². The van der Waals surface area contributed by atoms with Gasteiger partial charge in [-0.05, 0) is 37.7 Å². The molecule has 0 aliphatic heterocycles. The Morgan fingerprint density at radius 1 is 1.04 bits per heavy atom. The highest BCUT2D eigenvalue weighted by molar-refractivity contribution is 5.80. The Hall–Kier alpha value is -2.24. The maximum Gasteiger partial charge on any atom is 0.223 e. The molecule has 28 heavy (non-hydrogen) atoms. The van der Waals surface area contributed by atoms with Gasteiger partial charge < -0.3 is 20.7 Å². The smallest absolute Gasteiger partial charge is 0.223 e. The maximum absolute atomic E-state index is 12.2. The molecule has 2 aliphatic carbocycles. The first-order chi connectivity index (χ1) is 13.8. The lowest BCUT2D eigenvalue weighted by atomic mass is 9.89. The number of aliphatic imine (C=N–C) groups is 1. The third-order valence-electron chi connectivity index (χ3n) is 5.51. The topological polar surface area (TPSA) is 74.8 Å². The Balaban J connectivity index is 1.36. The van der Waals surface area contributed by atoms with Crippen molar-refractivity contribution in [3.8, 4) is 5.75 Å². The largest absolute Gasteiger partial charge is 0.493 e. The molecule has 3 rings (SSSR count). The molecule has 2 fully saturated rings. The van der Waals surface area contributed by atoms with Crippen LogP contribution in [0.3, 0.4) is 0 Å². The Labute approximate surface area is 168 Å². The normalized spacial score (nSPS) is 17.8. The van der Waals surface area contributed by atoms with E-state index in [-0.39, 0.29) is 11.8 Å². The number of amides is 1. The number of benzene rings is 1. The van der Waals surface area contributed by atoms with Crippen LogP contribution in [0.5, 0.6) is 5.75 Å². The Morgan fingerprint density at radius 2 is 1.79 bits per heavy atom.